The number of carbonyl (C=O) groups is 1. The lowest BCUT2D eigenvalue weighted by Gasteiger charge is -2.31. The predicted molar refractivity (Wildman–Crippen MR) is 75.1 cm³/mol. The Kier molecular flexibility index (Phi) is 4.60. The van der Waals surface area contributed by atoms with Crippen molar-refractivity contribution in [2.45, 2.75) is 32.3 Å². The summed E-state index contributed by atoms with van der Waals surface area (Å²) in [6.07, 6.45) is 0.847. The van der Waals surface area contributed by atoms with Gasteiger partial charge in [0.25, 0.3) is 0 Å². The quantitative estimate of drug-likeness (QED) is 0.657. The van der Waals surface area contributed by atoms with Gasteiger partial charge in [0.05, 0.1) is 0 Å². The Bertz CT molecular complexity index is 417. The molecule has 0 radical (unpaired) electrons. The molecule has 94 valence electrons. The van der Waals surface area contributed by atoms with E-state index in [0.717, 1.165) is 9.13 Å². The highest BCUT2D eigenvalue weighted by Gasteiger charge is 2.33. The van der Waals surface area contributed by atoms with Crippen LogP contribution in [0, 0.1) is 3.57 Å². The summed E-state index contributed by atoms with van der Waals surface area (Å²) >= 11 is 8.26. The fraction of sp³-hybridized carbons (Fsp3) is 0.455. The van der Waals surface area contributed by atoms with E-state index in [1.807, 2.05) is 13.0 Å². The molecule has 1 rings (SSSR count). The SMILES string of the molecule is CC(c1c(I)ccnc1Cl)C(C)(C)OC(N)=O. The van der Waals surface area contributed by atoms with E-state index in [4.69, 9.17) is 22.1 Å². The maximum Gasteiger partial charge on any atom is 0.405 e. The van der Waals surface area contributed by atoms with Crippen molar-refractivity contribution in [1.82, 2.24) is 4.98 Å². The molecule has 0 saturated carbocycles. The number of primary amides is 1. The van der Waals surface area contributed by atoms with Crippen molar-refractivity contribution in [3.63, 3.8) is 0 Å². The van der Waals surface area contributed by atoms with E-state index in [-0.39, 0.29) is 5.92 Å². The maximum atomic E-state index is 10.9. The summed E-state index contributed by atoms with van der Waals surface area (Å²) in [5, 5.41) is 0.422. The molecule has 2 N–H and O–H groups in total. The molecular formula is C11H14ClIN2O2. The van der Waals surface area contributed by atoms with Crippen LogP contribution in [0.3, 0.4) is 0 Å². The Balaban J connectivity index is 3.11. The molecule has 1 heterocycles. The number of aromatic nitrogens is 1. The van der Waals surface area contributed by atoms with Crippen LogP contribution in [0.4, 0.5) is 4.79 Å². The summed E-state index contributed by atoms with van der Waals surface area (Å²) in [5.41, 5.74) is 5.18. The number of hydrogen-bond donors (Lipinski definition) is 1. The third-order valence-electron chi connectivity index (χ3n) is 2.73. The number of hydrogen-bond acceptors (Lipinski definition) is 3. The van der Waals surface area contributed by atoms with Crippen molar-refractivity contribution in [3.8, 4) is 0 Å². The molecule has 0 bridgehead atoms. The van der Waals surface area contributed by atoms with Gasteiger partial charge in [0.15, 0.2) is 0 Å². The average Bonchev–Trinajstić information content (AvgIpc) is 2.14. The normalized spacial score (nSPS) is 13.2. The van der Waals surface area contributed by atoms with Crippen molar-refractivity contribution >= 4 is 40.3 Å². The van der Waals surface area contributed by atoms with Crippen molar-refractivity contribution in [1.29, 1.82) is 0 Å². The molecule has 1 amide bonds. The first-order valence-corrected chi connectivity index (χ1v) is 6.49. The minimum absolute atomic E-state index is 0.108. The van der Waals surface area contributed by atoms with Crippen LogP contribution in [-0.2, 0) is 4.74 Å². The number of halogens is 2. The predicted octanol–water partition coefficient (Wildman–Crippen LogP) is 3.32. The molecule has 0 aliphatic carbocycles. The number of nitrogens with zero attached hydrogens (tertiary/aromatic N) is 1. The van der Waals surface area contributed by atoms with Crippen molar-refractivity contribution in [2.75, 3.05) is 0 Å². The van der Waals surface area contributed by atoms with Crippen LogP contribution < -0.4 is 5.73 Å². The monoisotopic (exact) mass is 368 g/mol. The smallest absolute Gasteiger partial charge is 0.405 e. The molecule has 0 saturated heterocycles. The molecule has 0 aromatic carbocycles. The zero-order chi connectivity index (χ0) is 13.2. The van der Waals surface area contributed by atoms with E-state index in [0.29, 0.717) is 5.15 Å². The fourth-order valence-electron chi connectivity index (χ4n) is 1.51. The Morgan fingerprint density at radius 3 is 2.71 bits per heavy atom. The number of amides is 1. The maximum absolute atomic E-state index is 10.9. The molecule has 1 unspecified atom stereocenters. The highest BCUT2D eigenvalue weighted by atomic mass is 127. The lowest BCUT2D eigenvalue weighted by Crippen LogP contribution is -2.36. The van der Waals surface area contributed by atoms with Crippen molar-refractivity contribution in [2.24, 2.45) is 5.73 Å². The van der Waals surface area contributed by atoms with E-state index in [1.54, 1.807) is 20.0 Å². The van der Waals surface area contributed by atoms with Crippen LogP contribution in [0.2, 0.25) is 5.15 Å². The lowest BCUT2D eigenvalue weighted by molar-refractivity contribution is 0.0279. The first-order chi connectivity index (χ1) is 7.75. The largest absolute Gasteiger partial charge is 0.443 e. The highest BCUT2D eigenvalue weighted by Crippen LogP contribution is 2.36. The lowest BCUT2D eigenvalue weighted by atomic mass is 9.87. The van der Waals surface area contributed by atoms with E-state index >= 15 is 0 Å². The van der Waals surface area contributed by atoms with Gasteiger partial charge in [-0.1, -0.05) is 18.5 Å². The van der Waals surface area contributed by atoms with Crippen LogP contribution in [-0.4, -0.2) is 16.7 Å². The number of ether oxygens (including phenoxy) is 1. The molecule has 1 atom stereocenters. The molecule has 0 aliphatic heterocycles. The summed E-state index contributed by atoms with van der Waals surface area (Å²) in [6, 6.07) is 1.86. The van der Waals surface area contributed by atoms with Crippen molar-refractivity contribution in [3.05, 3.63) is 26.5 Å². The van der Waals surface area contributed by atoms with Gasteiger partial charge in [-0.05, 0) is 42.5 Å². The zero-order valence-corrected chi connectivity index (χ0v) is 12.7. The van der Waals surface area contributed by atoms with E-state index < -0.39 is 11.7 Å². The summed E-state index contributed by atoms with van der Waals surface area (Å²) in [4.78, 5) is 14.9. The Morgan fingerprint density at radius 1 is 1.65 bits per heavy atom. The van der Waals surface area contributed by atoms with E-state index in [2.05, 4.69) is 27.6 Å². The molecule has 1 aromatic rings. The van der Waals surface area contributed by atoms with Gasteiger partial charge in [-0.25, -0.2) is 9.78 Å². The third kappa shape index (κ3) is 3.45. The zero-order valence-electron chi connectivity index (χ0n) is 9.83. The summed E-state index contributed by atoms with van der Waals surface area (Å²) < 4.78 is 6.10. The Labute approximate surface area is 119 Å². The first kappa shape index (κ1) is 14.5. The van der Waals surface area contributed by atoms with Gasteiger partial charge in [0.2, 0.25) is 0 Å². The highest BCUT2D eigenvalue weighted by molar-refractivity contribution is 14.1. The van der Waals surface area contributed by atoms with Crippen LogP contribution in [0.5, 0.6) is 0 Å². The summed E-state index contributed by atoms with van der Waals surface area (Å²) in [6.45, 7) is 5.51. The minimum Gasteiger partial charge on any atom is -0.443 e. The van der Waals surface area contributed by atoms with E-state index in [9.17, 15) is 4.79 Å². The van der Waals surface area contributed by atoms with Gasteiger partial charge >= 0.3 is 6.09 Å². The molecule has 0 aliphatic rings. The van der Waals surface area contributed by atoms with Crippen molar-refractivity contribution < 1.29 is 9.53 Å². The molecule has 4 nitrogen and oxygen atoms in total. The number of rotatable bonds is 3. The second kappa shape index (κ2) is 5.39. The first-order valence-electron chi connectivity index (χ1n) is 5.04. The summed E-state index contributed by atoms with van der Waals surface area (Å²) in [7, 11) is 0. The van der Waals surface area contributed by atoms with Gasteiger partial charge in [-0.15, -0.1) is 0 Å². The third-order valence-corrected chi connectivity index (χ3v) is 3.97. The van der Waals surface area contributed by atoms with Gasteiger partial charge in [0.1, 0.15) is 10.8 Å². The minimum atomic E-state index is -0.795. The van der Waals surface area contributed by atoms with Crippen LogP contribution in [0.25, 0.3) is 0 Å². The Morgan fingerprint density at radius 2 is 2.24 bits per heavy atom. The van der Waals surface area contributed by atoms with Crippen LogP contribution in [0.15, 0.2) is 12.3 Å². The number of carbonyl (C=O) groups excluding carboxylic acids is 1. The topological polar surface area (TPSA) is 65.2 Å². The molecule has 1 aromatic heterocycles. The van der Waals surface area contributed by atoms with Gasteiger partial charge in [-0.3, -0.25) is 0 Å². The Hall–Kier alpha value is -0.560. The molecule has 0 spiro atoms. The van der Waals surface area contributed by atoms with Crippen LogP contribution in [0.1, 0.15) is 32.3 Å². The summed E-state index contributed by atoms with van der Waals surface area (Å²) in [5.74, 6) is -0.108. The van der Waals surface area contributed by atoms with Gasteiger partial charge in [-0.2, -0.15) is 0 Å². The number of nitrogens with two attached hydrogens (primary N) is 1. The van der Waals surface area contributed by atoms with Gasteiger partial charge < -0.3 is 10.5 Å². The van der Waals surface area contributed by atoms with Crippen LogP contribution >= 0.6 is 34.2 Å². The molecule has 6 heteroatoms. The van der Waals surface area contributed by atoms with E-state index in [1.165, 1.54) is 0 Å². The fourth-order valence-corrected chi connectivity index (χ4v) is 2.87. The second-order valence-electron chi connectivity index (χ2n) is 4.24. The van der Waals surface area contributed by atoms with Gasteiger partial charge in [0, 0.05) is 21.2 Å². The second-order valence-corrected chi connectivity index (χ2v) is 5.76. The average molecular weight is 369 g/mol. The molecular weight excluding hydrogens is 354 g/mol. The number of pyridine rings is 1. The standard InChI is InChI=1S/C11H14ClIN2O2/c1-6(11(2,3)17-10(14)16)8-7(13)4-5-15-9(8)12/h4-6H,1-3H3,(H2,14,16). The molecule has 17 heavy (non-hydrogen) atoms. The molecule has 0 fully saturated rings.